The second kappa shape index (κ2) is 11.3. The summed E-state index contributed by atoms with van der Waals surface area (Å²) < 4.78 is 10.9. The molecule has 31 heavy (non-hydrogen) atoms. The first-order chi connectivity index (χ1) is 14.3. The molecular weight excluding hydrogens is 416 g/mol. The minimum Gasteiger partial charge on any atom is -0.443 e. The number of aliphatic imine (C=N–C) groups is 1. The summed E-state index contributed by atoms with van der Waals surface area (Å²) in [6.07, 6.45) is -1.56. The second-order valence-corrected chi connectivity index (χ2v) is 10.1. The molecule has 1 rings (SSSR count). The number of thioether (sulfide) groups is 1. The van der Waals surface area contributed by atoms with Crippen molar-refractivity contribution in [2.45, 2.75) is 73.1 Å². The highest BCUT2D eigenvalue weighted by molar-refractivity contribution is 8.13. The van der Waals surface area contributed by atoms with Crippen molar-refractivity contribution in [3.63, 3.8) is 0 Å². The Labute approximate surface area is 189 Å². The van der Waals surface area contributed by atoms with Crippen molar-refractivity contribution >= 4 is 40.5 Å². The van der Waals surface area contributed by atoms with Gasteiger partial charge >= 0.3 is 12.2 Å². The van der Waals surface area contributed by atoms with Gasteiger partial charge in [-0.25, -0.2) is 19.5 Å². The topological polar surface area (TPSA) is 106 Å². The number of amides is 2. The standard InChI is InChI=1S/C22H36N4O4S/c1-9-24-17-12-11-16(25-18(23)31-10-2)13-15(17)14-26(19(27)29-21(3,4)5)20(28)30-22(6,7)8/h11-13,24H,9-10,14H2,1-8H3,(H2,23,25). The second-order valence-electron chi connectivity index (χ2n) is 8.80. The third-order valence-electron chi connectivity index (χ3n) is 3.54. The van der Waals surface area contributed by atoms with Gasteiger partial charge in [0.05, 0.1) is 12.2 Å². The van der Waals surface area contributed by atoms with E-state index in [1.54, 1.807) is 47.6 Å². The summed E-state index contributed by atoms with van der Waals surface area (Å²) in [6.45, 7) is 15.0. The number of carbonyl (C=O) groups is 2. The Kier molecular flexibility index (Phi) is 9.68. The van der Waals surface area contributed by atoms with Gasteiger partial charge in [-0.15, -0.1) is 0 Å². The molecule has 2 amide bonds. The lowest BCUT2D eigenvalue weighted by Gasteiger charge is -2.29. The lowest BCUT2D eigenvalue weighted by molar-refractivity contribution is -0.000204. The maximum Gasteiger partial charge on any atom is 0.420 e. The van der Waals surface area contributed by atoms with E-state index in [0.717, 1.165) is 16.3 Å². The zero-order chi connectivity index (χ0) is 23.8. The Morgan fingerprint density at radius 2 is 1.61 bits per heavy atom. The number of anilines is 1. The van der Waals surface area contributed by atoms with Gasteiger partial charge in [-0.3, -0.25) is 0 Å². The van der Waals surface area contributed by atoms with Gasteiger partial charge in [-0.05, 0) is 78.0 Å². The van der Waals surface area contributed by atoms with Crippen molar-refractivity contribution in [1.82, 2.24) is 4.90 Å². The molecule has 0 aliphatic heterocycles. The van der Waals surface area contributed by atoms with Crippen molar-refractivity contribution in [3.05, 3.63) is 23.8 Å². The molecule has 0 heterocycles. The van der Waals surface area contributed by atoms with Crippen LogP contribution in [0.15, 0.2) is 23.2 Å². The number of rotatable bonds is 6. The fraction of sp³-hybridized carbons (Fsp3) is 0.591. The smallest absolute Gasteiger partial charge is 0.420 e. The fourth-order valence-corrected chi connectivity index (χ4v) is 2.92. The van der Waals surface area contributed by atoms with E-state index in [1.165, 1.54) is 11.8 Å². The summed E-state index contributed by atoms with van der Waals surface area (Å²) in [5.74, 6) is 0.808. The molecule has 8 nitrogen and oxygen atoms in total. The molecule has 0 fully saturated rings. The van der Waals surface area contributed by atoms with E-state index in [0.29, 0.717) is 23.0 Å². The van der Waals surface area contributed by atoms with Gasteiger partial charge in [0.15, 0.2) is 5.17 Å². The predicted octanol–water partition coefficient (Wildman–Crippen LogP) is 5.49. The van der Waals surface area contributed by atoms with Crippen LogP contribution in [-0.2, 0) is 16.0 Å². The lowest BCUT2D eigenvalue weighted by Crippen LogP contribution is -2.43. The van der Waals surface area contributed by atoms with Crippen molar-refractivity contribution in [3.8, 4) is 0 Å². The van der Waals surface area contributed by atoms with Gasteiger partial charge in [0.2, 0.25) is 0 Å². The van der Waals surface area contributed by atoms with E-state index in [4.69, 9.17) is 15.2 Å². The number of benzene rings is 1. The van der Waals surface area contributed by atoms with Gasteiger partial charge in [0.25, 0.3) is 0 Å². The van der Waals surface area contributed by atoms with Gasteiger partial charge in [-0.2, -0.15) is 0 Å². The van der Waals surface area contributed by atoms with Gasteiger partial charge in [0, 0.05) is 12.2 Å². The zero-order valence-corrected chi connectivity index (χ0v) is 20.7. The molecule has 1 aromatic carbocycles. The average Bonchev–Trinajstić information content (AvgIpc) is 2.58. The SMILES string of the molecule is CCNc1ccc(N=C(N)SCC)cc1CN(C(=O)OC(C)(C)C)C(=O)OC(C)(C)C. The Balaban J connectivity index is 3.35. The molecule has 0 radical (unpaired) electrons. The average molecular weight is 453 g/mol. The lowest BCUT2D eigenvalue weighted by atomic mass is 10.1. The maximum absolute atomic E-state index is 12.8. The van der Waals surface area contributed by atoms with Gasteiger partial charge in [0.1, 0.15) is 11.2 Å². The minimum absolute atomic E-state index is 0.0453. The Bertz CT molecular complexity index is 770. The highest BCUT2D eigenvalue weighted by Gasteiger charge is 2.31. The van der Waals surface area contributed by atoms with Crippen molar-refractivity contribution < 1.29 is 19.1 Å². The van der Waals surface area contributed by atoms with Crippen LogP contribution in [0.4, 0.5) is 21.0 Å². The first kappa shape index (κ1) is 26.6. The third-order valence-corrected chi connectivity index (χ3v) is 4.22. The van der Waals surface area contributed by atoms with Crippen LogP contribution in [0.25, 0.3) is 0 Å². The quantitative estimate of drug-likeness (QED) is 0.434. The molecule has 0 saturated carbocycles. The molecule has 0 bridgehead atoms. The van der Waals surface area contributed by atoms with Crippen LogP contribution in [0.5, 0.6) is 0 Å². The molecule has 174 valence electrons. The van der Waals surface area contributed by atoms with E-state index >= 15 is 0 Å². The Morgan fingerprint density at radius 1 is 1.06 bits per heavy atom. The maximum atomic E-state index is 12.8. The highest BCUT2D eigenvalue weighted by Crippen LogP contribution is 2.26. The summed E-state index contributed by atoms with van der Waals surface area (Å²) in [5, 5.41) is 3.69. The zero-order valence-electron chi connectivity index (χ0n) is 19.9. The summed E-state index contributed by atoms with van der Waals surface area (Å²) in [7, 11) is 0. The minimum atomic E-state index is -0.779. The van der Waals surface area contributed by atoms with E-state index < -0.39 is 23.4 Å². The normalized spacial score (nSPS) is 12.3. The van der Waals surface area contributed by atoms with Crippen molar-refractivity contribution in [2.75, 3.05) is 17.6 Å². The van der Waals surface area contributed by atoms with Crippen LogP contribution < -0.4 is 11.1 Å². The number of hydrogen-bond donors (Lipinski definition) is 2. The van der Waals surface area contributed by atoms with Crippen molar-refractivity contribution in [2.24, 2.45) is 10.7 Å². The molecule has 0 aromatic heterocycles. The van der Waals surface area contributed by atoms with Crippen LogP contribution in [0.2, 0.25) is 0 Å². The predicted molar refractivity (Wildman–Crippen MR) is 128 cm³/mol. The number of nitrogens with zero attached hydrogens (tertiary/aromatic N) is 2. The molecular formula is C22H36N4O4S. The van der Waals surface area contributed by atoms with E-state index in [2.05, 4.69) is 10.3 Å². The third kappa shape index (κ3) is 9.95. The molecule has 0 spiro atoms. The van der Waals surface area contributed by atoms with Crippen molar-refractivity contribution in [1.29, 1.82) is 0 Å². The number of carbonyl (C=O) groups excluding carboxylic acids is 2. The number of nitrogens with two attached hydrogens (primary N) is 1. The summed E-state index contributed by atoms with van der Waals surface area (Å²) >= 11 is 1.44. The molecule has 1 aromatic rings. The van der Waals surface area contributed by atoms with Crippen LogP contribution >= 0.6 is 11.8 Å². The molecule has 9 heteroatoms. The number of amidine groups is 1. The first-order valence-electron chi connectivity index (χ1n) is 10.3. The molecule has 3 N–H and O–H groups in total. The van der Waals surface area contributed by atoms with Crippen LogP contribution in [0.3, 0.4) is 0 Å². The molecule has 0 aliphatic carbocycles. The molecule has 0 saturated heterocycles. The molecule has 0 atom stereocenters. The monoisotopic (exact) mass is 452 g/mol. The summed E-state index contributed by atoms with van der Waals surface area (Å²) in [5.41, 5.74) is 6.51. The fourth-order valence-electron chi connectivity index (χ4n) is 2.46. The molecule has 0 aliphatic rings. The number of imide groups is 1. The van der Waals surface area contributed by atoms with E-state index in [-0.39, 0.29) is 6.54 Å². The summed E-state index contributed by atoms with van der Waals surface area (Å²) in [4.78, 5) is 31.0. The number of nitrogens with one attached hydrogen (secondary N) is 1. The van der Waals surface area contributed by atoms with Gasteiger partial charge in [-0.1, -0.05) is 18.7 Å². The van der Waals surface area contributed by atoms with Crippen LogP contribution in [-0.4, -0.2) is 45.8 Å². The van der Waals surface area contributed by atoms with Crippen LogP contribution in [0.1, 0.15) is 61.0 Å². The first-order valence-corrected chi connectivity index (χ1v) is 11.3. The van der Waals surface area contributed by atoms with Crippen LogP contribution in [0, 0.1) is 0 Å². The van der Waals surface area contributed by atoms with E-state index in [9.17, 15) is 9.59 Å². The highest BCUT2D eigenvalue weighted by atomic mass is 32.2. The Morgan fingerprint density at radius 3 is 2.06 bits per heavy atom. The summed E-state index contributed by atoms with van der Waals surface area (Å²) in [6, 6.07) is 5.47. The van der Waals surface area contributed by atoms with Gasteiger partial charge < -0.3 is 20.5 Å². The number of hydrogen-bond acceptors (Lipinski definition) is 7. The largest absolute Gasteiger partial charge is 0.443 e. The van der Waals surface area contributed by atoms with E-state index in [1.807, 2.05) is 26.0 Å². The number of ether oxygens (including phenoxy) is 2. The Hall–Kier alpha value is -2.42. The molecule has 0 unspecified atom stereocenters.